The number of benzene rings is 2. The molecule has 0 aliphatic heterocycles. The summed E-state index contributed by atoms with van der Waals surface area (Å²) < 4.78 is 0. The van der Waals surface area contributed by atoms with Crippen LogP contribution in [0.25, 0.3) is 23.3 Å². The molecule has 0 saturated heterocycles. The summed E-state index contributed by atoms with van der Waals surface area (Å²) in [5.41, 5.74) is 9.82. The number of rotatable bonds is 1. The van der Waals surface area contributed by atoms with Crippen molar-refractivity contribution in [2.75, 3.05) is 0 Å². The molecule has 0 heteroatoms. The summed E-state index contributed by atoms with van der Waals surface area (Å²) in [6.45, 7) is 2.28. The highest BCUT2D eigenvalue weighted by Crippen LogP contribution is 2.39. The molecule has 4 rings (SSSR count). The van der Waals surface area contributed by atoms with Crippen LogP contribution >= 0.6 is 0 Å². The SMILES string of the molecule is Cc1c2c(c(-c3ccccc3)c3c1CC=CC=C3)C=CC=CC2. The zero-order chi connectivity index (χ0) is 15.6. The molecular formula is C23H20. The summed E-state index contributed by atoms with van der Waals surface area (Å²) in [6, 6.07) is 10.8. The first-order valence-corrected chi connectivity index (χ1v) is 8.26. The second-order valence-electron chi connectivity index (χ2n) is 6.13. The minimum Gasteiger partial charge on any atom is -0.0801 e. The summed E-state index contributed by atoms with van der Waals surface area (Å²) in [4.78, 5) is 0. The van der Waals surface area contributed by atoms with Crippen molar-refractivity contribution in [3.05, 3.63) is 94.6 Å². The van der Waals surface area contributed by atoms with Gasteiger partial charge in [-0.15, -0.1) is 0 Å². The van der Waals surface area contributed by atoms with E-state index in [4.69, 9.17) is 0 Å². The van der Waals surface area contributed by atoms with Crippen LogP contribution in [0.15, 0.2) is 66.8 Å². The van der Waals surface area contributed by atoms with Crippen LogP contribution in [-0.2, 0) is 12.8 Å². The predicted octanol–water partition coefficient (Wildman–Crippen LogP) is 5.91. The highest BCUT2D eigenvalue weighted by molar-refractivity contribution is 5.88. The van der Waals surface area contributed by atoms with E-state index in [9.17, 15) is 0 Å². The third kappa shape index (κ3) is 2.41. The molecule has 0 heterocycles. The Morgan fingerprint density at radius 2 is 1.26 bits per heavy atom. The standard InChI is InChI=1S/C23H20/c1-17-19-13-7-3-9-15-21(19)23(18-11-5-2-6-12-18)22-16-10-4-8-14-20(17)22/h2-12,15-16H,13-14H2,1H3. The van der Waals surface area contributed by atoms with Crippen molar-refractivity contribution >= 4 is 12.2 Å². The van der Waals surface area contributed by atoms with Gasteiger partial charge in [0, 0.05) is 0 Å². The van der Waals surface area contributed by atoms with Crippen LogP contribution in [0.4, 0.5) is 0 Å². The molecule has 112 valence electrons. The average Bonchev–Trinajstić information content (AvgIpc) is 2.97. The highest BCUT2D eigenvalue weighted by Gasteiger charge is 2.20. The van der Waals surface area contributed by atoms with Gasteiger partial charge in [-0.25, -0.2) is 0 Å². The fraction of sp³-hybridized carbons (Fsp3) is 0.130. The molecule has 0 bridgehead atoms. The molecule has 2 aliphatic carbocycles. The summed E-state index contributed by atoms with van der Waals surface area (Å²) in [5, 5.41) is 0. The predicted molar refractivity (Wildman–Crippen MR) is 100 cm³/mol. The molecule has 0 nitrogen and oxygen atoms in total. The van der Waals surface area contributed by atoms with Crippen molar-refractivity contribution in [3.8, 4) is 11.1 Å². The maximum Gasteiger partial charge on any atom is -0.00329 e. The lowest BCUT2D eigenvalue weighted by molar-refractivity contribution is 1.13. The minimum absolute atomic E-state index is 1.01. The van der Waals surface area contributed by atoms with Crippen molar-refractivity contribution in [1.82, 2.24) is 0 Å². The summed E-state index contributed by atoms with van der Waals surface area (Å²) >= 11 is 0. The molecule has 0 unspecified atom stereocenters. The van der Waals surface area contributed by atoms with Crippen molar-refractivity contribution in [3.63, 3.8) is 0 Å². The quantitative estimate of drug-likeness (QED) is 0.613. The number of hydrogen-bond donors (Lipinski definition) is 0. The zero-order valence-electron chi connectivity index (χ0n) is 13.4. The Labute approximate surface area is 138 Å². The first-order chi connectivity index (χ1) is 11.4. The van der Waals surface area contributed by atoms with Crippen molar-refractivity contribution < 1.29 is 0 Å². The van der Waals surface area contributed by atoms with E-state index in [1.165, 1.54) is 38.9 Å². The monoisotopic (exact) mass is 296 g/mol. The molecule has 0 aromatic heterocycles. The van der Waals surface area contributed by atoms with Crippen LogP contribution in [0.1, 0.15) is 27.8 Å². The van der Waals surface area contributed by atoms with E-state index in [2.05, 4.69) is 85.9 Å². The Kier molecular flexibility index (Phi) is 3.59. The van der Waals surface area contributed by atoms with Gasteiger partial charge in [-0.1, -0.05) is 78.9 Å². The summed E-state index contributed by atoms with van der Waals surface area (Å²) in [5.74, 6) is 0. The van der Waals surface area contributed by atoms with E-state index in [-0.39, 0.29) is 0 Å². The van der Waals surface area contributed by atoms with E-state index in [0.717, 1.165) is 12.8 Å². The molecule has 2 aromatic carbocycles. The van der Waals surface area contributed by atoms with Crippen molar-refractivity contribution in [2.45, 2.75) is 19.8 Å². The molecule has 0 amide bonds. The molecule has 0 spiro atoms. The second-order valence-corrected chi connectivity index (χ2v) is 6.13. The van der Waals surface area contributed by atoms with Gasteiger partial charge in [-0.3, -0.25) is 0 Å². The molecule has 0 atom stereocenters. The Hall–Kier alpha value is -2.60. The van der Waals surface area contributed by atoms with Crippen molar-refractivity contribution in [2.24, 2.45) is 0 Å². The van der Waals surface area contributed by atoms with E-state index in [1.54, 1.807) is 0 Å². The van der Waals surface area contributed by atoms with Gasteiger partial charge >= 0.3 is 0 Å². The van der Waals surface area contributed by atoms with Gasteiger partial charge in [0.25, 0.3) is 0 Å². The lowest BCUT2D eigenvalue weighted by atomic mass is 9.82. The highest BCUT2D eigenvalue weighted by atomic mass is 14.2. The molecule has 2 aromatic rings. The van der Waals surface area contributed by atoms with Gasteiger partial charge < -0.3 is 0 Å². The van der Waals surface area contributed by atoms with E-state index in [0.29, 0.717) is 0 Å². The largest absolute Gasteiger partial charge is 0.0801 e. The molecule has 0 saturated carbocycles. The lowest BCUT2D eigenvalue weighted by Crippen LogP contribution is -2.04. The smallest absolute Gasteiger partial charge is 0.00329 e. The Morgan fingerprint density at radius 1 is 0.696 bits per heavy atom. The third-order valence-electron chi connectivity index (χ3n) is 4.82. The van der Waals surface area contributed by atoms with Gasteiger partial charge in [-0.05, 0) is 58.7 Å². The molecule has 23 heavy (non-hydrogen) atoms. The van der Waals surface area contributed by atoms with Crippen molar-refractivity contribution in [1.29, 1.82) is 0 Å². The molecule has 0 fully saturated rings. The van der Waals surface area contributed by atoms with Gasteiger partial charge in [0.1, 0.15) is 0 Å². The fourth-order valence-corrected chi connectivity index (χ4v) is 3.68. The Balaban J connectivity index is 2.11. The Bertz CT molecular complexity index is 808. The second kappa shape index (κ2) is 5.89. The molecule has 0 radical (unpaired) electrons. The zero-order valence-corrected chi connectivity index (χ0v) is 13.4. The van der Waals surface area contributed by atoms with Crippen LogP contribution < -0.4 is 0 Å². The topological polar surface area (TPSA) is 0 Å². The van der Waals surface area contributed by atoms with Crippen LogP contribution in [0.5, 0.6) is 0 Å². The first kappa shape index (κ1) is 14.0. The van der Waals surface area contributed by atoms with E-state index in [1.807, 2.05) is 0 Å². The molecule has 2 aliphatic rings. The van der Waals surface area contributed by atoms with E-state index >= 15 is 0 Å². The average molecular weight is 296 g/mol. The van der Waals surface area contributed by atoms with Gasteiger partial charge in [-0.2, -0.15) is 0 Å². The van der Waals surface area contributed by atoms with E-state index < -0.39 is 0 Å². The normalized spacial score (nSPS) is 15.0. The van der Waals surface area contributed by atoms with Gasteiger partial charge in [0.15, 0.2) is 0 Å². The lowest BCUT2D eigenvalue weighted by Gasteiger charge is -2.21. The van der Waals surface area contributed by atoms with Crippen LogP contribution in [0.3, 0.4) is 0 Å². The van der Waals surface area contributed by atoms with Gasteiger partial charge in [0.2, 0.25) is 0 Å². The van der Waals surface area contributed by atoms with Crippen LogP contribution in [-0.4, -0.2) is 0 Å². The van der Waals surface area contributed by atoms with Gasteiger partial charge in [0.05, 0.1) is 0 Å². The summed E-state index contributed by atoms with van der Waals surface area (Å²) in [6.07, 6.45) is 19.8. The number of allylic oxidation sites excluding steroid dienone is 6. The molecule has 0 N–H and O–H groups in total. The fourth-order valence-electron chi connectivity index (χ4n) is 3.68. The maximum atomic E-state index is 2.28. The third-order valence-corrected chi connectivity index (χ3v) is 4.82. The number of fused-ring (bicyclic) bond motifs is 2. The Morgan fingerprint density at radius 3 is 1.83 bits per heavy atom. The number of hydrogen-bond acceptors (Lipinski definition) is 0. The van der Waals surface area contributed by atoms with Crippen LogP contribution in [0, 0.1) is 6.92 Å². The first-order valence-electron chi connectivity index (χ1n) is 8.26. The minimum atomic E-state index is 1.01. The van der Waals surface area contributed by atoms with Crippen LogP contribution in [0.2, 0.25) is 0 Å². The summed E-state index contributed by atoms with van der Waals surface area (Å²) in [7, 11) is 0. The maximum absolute atomic E-state index is 2.28. The molecular weight excluding hydrogens is 276 g/mol.